The van der Waals surface area contributed by atoms with E-state index in [1.807, 2.05) is 19.9 Å². The highest BCUT2D eigenvalue weighted by Crippen LogP contribution is 2.19. The van der Waals surface area contributed by atoms with Crippen LogP contribution in [0.15, 0.2) is 47.4 Å². The van der Waals surface area contributed by atoms with E-state index in [4.69, 9.17) is 4.74 Å². The van der Waals surface area contributed by atoms with Gasteiger partial charge in [-0.3, -0.25) is 20.4 Å². The van der Waals surface area contributed by atoms with E-state index in [1.54, 1.807) is 36.4 Å². The first kappa shape index (κ1) is 22.9. The van der Waals surface area contributed by atoms with Crippen LogP contribution < -0.4 is 10.9 Å². The number of carbonyl (C=O) groups is 2. The van der Waals surface area contributed by atoms with Crippen LogP contribution >= 0.6 is 0 Å². The van der Waals surface area contributed by atoms with E-state index in [-0.39, 0.29) is 17.2 Å². The van der Waals surface area contributed by atoms with Gasteiger partial charge in [-0.25, -0.2) is 8.42 Å². The van der Waals surface area contributed by atoms with Crippen LogP contribution in [0.2, 0.25) is 0 Å². The number of hydrogen-bond donors (Lipinski definition) is 2. The standard InChI is InChI=1S/C22H27N3O5S/c1-16-12-17(2)14-19(13-16)22(27)24-23-21(26)7-6-18-4-3-5-20(15-18)31(28,29)25-8-10-30-11-9-25/h3-5,12-15H,6-11H2,1-2H3,(H,23,26)(H,24,27). The third-order valence-corrected chi connectivity index (χ3v) is 6.84. The summed E-state index contributed by atoms with van der Waals surface area (Å²) >= 11 is 0. The maximum atomic E-state index is 12.8. The topological polar surface area (TPSA) is 105 Å². The summed E-state index contributed by atoms with van der Waals surface area (Å²) in [7, 11) is -3.59. The number of morpholine rings is 1. The van der Waals surface area contributed by atoms with Crippen LogP contribution in [-0.4, -0.2) is 50.8 Å². The zero-order chi connectivity index (χ0) is 22.4. The van der Waals surface area contributed by atoms with Gasteiger partial charge in [-0.2, -0.15) is 4.31 Å². The summed E-state index contributed by atoms with van der Waals surface area (Å²) in [6, 6.07) is 12.0. The lowest BCUT2D eigenvalue weighted by Crippen LogP contribution is -2.41. The van der Waals surface area contributed by atoms with E-state index in [9.17, 15) is 18.0 Å². The highest BCUT2D eigenvalue weighted by molar-refractivity contribution is 7.89. The molecule has 0 atom stereocenters. The lowest BCUT2D eigenvalue weighted by atomic mass is 10.1. The van der Waals surface area contributed by atoms with Gasteiger partial charge in [0, 0.05) is 25.1 Å². The van der Waals surface area contributed by atoms with Crippen molar-refractivity contribution in [1.82, 2.24) is 15.2 Å². The van der Waals surface area contributed by atoms with Crippen molar-refractivity contribution >= 4 is 21.8 Å². The summed E-state index contributed by atoms with van der Waals surface area (Å²) in [5.74, 6) is -0.752. The minimum Gasteiger partial charge on any atom is -0.379 e. The highest BCUT2D eigenvalue weighted by atomic mass is 32.2. The van der Waals surface area contributed by atoms with Crippen LogP contribution in [-0.2, 0) is 26.0 Å². The van der Waals surface area contributed by atoms with Gasteiger partial charge in [-0.05, 0) is 50.1 Å². The van der Waals surface area contributed by atoms with Crippen molar-refractivity contribution < 1.29 is 22.7 Å². The summed E-state index contributed by atoms with van der Waals surface area (Å²) in [4.78, 5) is 24.6. The van der Waals surface area contributed by atoms with Gasteiger partial charge >= 0.3 is 0 Å². The molecule has 1 aliphatic heterocycles. The molecule has 3 rings (SSSR count). The summed E-state index contributed by atoms with van der Waals surface area (Å²) in [6.07, 6.45) is 0.450. The van der Waals surface area contributed by atoms with Crippen molar-refractivity contribution in [3.8, 4) is 0 Å². The van der Waals surface area contributed by atoms with Crippen LogP contribution in [0, 0.1) is 13.8 Å². The molecule has 1 aliphatic rings. The van der Waals surface area contributed by atoms with Crippen molar-refractivity contribution in [2.45, 2.75) is 31.6 Å². The number of amides is 2. The highest BCUT2D eigenvalue weighted by Gasteiger charge is 2.26. The van der Waals surface area contributed by atoms with Gasteiger partial charge in [0.05, 0.1) is 18.1 Å². The molecule has 0 saturated carbocycles. The Bertz CT molecular complexity index is 1040. The Hall–Kier alpha value is -2.75. The van der Waals surface area contributed by atoms with Crippen LogP contribution in [0.5, 0.6) is 0 Å². The van der Waals surface area contributed by atoms with E-state index in [0.29, 0.717) is 38.3 Å². The molecule has 0 bridgehead atoms. The zero-order valence-corrected chi connectivity index (χ0v) is 18.5. The zero-order valence-electron chi connectivity index (χ0n) is 17.7. The Morgan fingerprint density at radius 1 is 1.00 bits per heavy atom. The molecular weight excluding hydrogens is 418 g/mol. The van der Waals surface area contributed by atoms with E-state index in [0.717, 1.165) is 16.7 Å². The largest absolute Gasteiger partial charge is 0.379 e. The fourth-order valence-electron chi connectivity index (χ4n) is 3.42. The van der Waals surface area contributed by atoms with Gasteiger partial charge in [-0.15, -0.1) is 0 Å². The molecule has 1 saturated heterocycles. The second-order valence-corrected chi connectivity index (χ2v) is 9.48. The van der Waals surface area contributed by atoms with Crippen LogP contribution in [0.1, 0.15) is 33.5 Å². The molecule has 2 aromatic carbocycles. The Balaban J connectivity index is 1.54. The Labute approximate surface area is 182 Å². The number of carbonyl (C=O) groups excluding carboxylic acids is 2. The lowest BCUT2D eigenvalue weighted by molar-refractivity contribution is -0.121. The van der Waals surface area contributed by atoms with Crippen molar-refractivity contribution in [1.29, 1.82) is 0 Å². The van der Waals surface area contributed by atoms with Crippen LogP contribution in [0.25, 0.3) is 0 Å². The minimum absolute atomic E-state index is 0.105. The van der Waals surface area contributed by atoms with Gasteiger partial charge in [0.2, 0.25) is 15.9 Å². The maximum Gasteiger partial charge on any atom is 0.269 e. The number of rotatable bonds is 6. The Morgan fingerprint density at radius 2 is 1.68 bits per heavy atom. The second-order valence-electron chi connectivity index (χ2n) is 7.54. The number of hydrogen-bond acceptors (Lipinski definition) is 5. The molecular formula is C22H27N3O5S. The van der Waals surface area contributed by atoms with Crippen LogP contribution in [0.3, 0.4) is 0 Å². The van der Waals surface area contributed by atoms with Crippen molar-refractivity contribution in [2.75, 3.05) is 26.3 Å². The molecule has 0 aliphatic carbocycles. The monoisotopic (exact) mass is 445 g/mol. The predicted octanol–water partition coefficient (Wildman–Crippen LogP) is 1.72. The quantitative estimate of drug-likeness (QED) is 0.659. The summed E-state index contributed by atoms with van der Waals surface area (Å²) in [5.41, 5.74) is 7.94. The normalized spacial score (nSPS) is 14.8. The molecule has 2 N–H and O–H groups in total. The Kier molecular flexibility index (Phi) is 7.42. The van der Waals surface area contributed by atoms with Gasteiger partial charge in [0.25, 0.3) is 5.91 Å². The average Bonchev–Trinajstić information content (AvgIpc) is 2.76. The molecule has 0 spiro atoms. The molecule has 1 fully saturated rings. The van der Waals surface area contributed by atoms with Gasteiger partial charge < -0.3 is 4.74 Å². The molecule has 0 radical (unpaired) electrons. The van der Waals surface area contributed by atoms with Crippen molar-refractivity contribution in [3.63, 3.8) is 0 Å². The van der Waals surface area contributed by atoms with E-state index < -0.39 is 15.9 Å². The van der Waals surface area contributed by atoms with Gasteiger partial charge in [-0.1, -0.05) is 29.3 Å². The average molecular weight is 446 g/mol. The number of sulfonamides is 1. The molecule has 1 heterocycles. The van der Waals surface area contributed by atoms with E-state index in [1.165, 1.54) is 4.31 Å². The third kappa shape index (κ3) is 6.13. The smallest absolute Gasteiger partial charge is 0.269 e. The maximum absolute atomic E-state index is 12.8. The molecule has 2 aromatic rings. The molecule has 31 heavy (non-hydrogen) atoms. The number of nitrogens with one attached hydrogen (secondary N) is 2. The molecule has 2 amide bonds. The fraction of sp³-hybridized carbons (Fsp3) is 0.364. The number of nitrogens with zero attached hydrogens (tertiary/aromatic N) is 1. The number of aryl methyl sites for hydroxylation is 3. The minimum atomic E-state index is -3.59. The SMILES string of the molecule is Cc1cc(C)cc(C(=O)NNC(=O)CCc2cccc(S(=O)(=O)N3CCOCC3)c2)c1. The van der Waals surface area contributed by atoms with Gasteiger partial charge in [0.15, 0.2) is 0 Å². The number of hydrazine groups is 1. The van der Waals surface area contributed by atoms with Crippen LogP contribution in [0.4, 0.5) is 0 Å². The second kappa shape index (κ2) is 10.0. The summed E-state index contributed by atoms with van der Waals surface area (Å²) in [5, 5.41) is 0. The van der Waals surface area contributed by atoms with Crippen molar-refractivity contribution in [2.24, 2.45) is 0 Å². The van der Waals surface area contributed by atoms with Crippen molar-refractivity contribution in [3.05, 3.63) is 64.7 Å². The first-order chi connectivity index (χ1) is 14.8. The third-order valence-electron chi connectivity index (χ3n) is 4.95. The lowest BCUT2D eigenvalue weighted by Gasteiger charge is -2.26. The van der Waals surface area contributed by atoms with Gasteiger partial charge in [0.1, 0.15) is 0 Å². The predicted molar refractivity (Wildman–Crippen MR) is 116 cm³/mol. The van der Waals surface area contributed by atoms with E-state index >= 15 is 0 Å². The fourth-order valence-corrected chi connectivity index (χ4v) is 4.90. The molecule has 0 aromatic heterocycles. The Morgan fingerprint density at radius 3 is 2.35 bits per heavy atom. The number of ether oxygens (including phenoxy) is 1. The summed E-state index contributed by atoms with van der Waals surface area (Å²) < 4.78 is 32.2. The summed E-state index contributed by atoms with van der Waals surface area (Å²) in [6.45, 7) is 5.22. The molecule has 166 valence electrons. The van der Waals surface area contributed by atoms with E-state index in [2.05, 4.69) is 10.9 Å². The number of benzene rings is 2. The first-order valence-electron chi connectivity index (χ1n) is 10.1. The molecule has 8 nitrogen and oxygen atoms in total. The molecule has 0 unspecified atom stereocenters. The first-order valence-corrected chi connectivity index (χ1v) is 11.5. The molecule has 9 heteroatoms.